The number of fused-ring (bicyclic) bond motifs is 3. The monoisotopic (exact) mass is 1190 g/mol. The van der Waals surface area contributed by atoms with E-state index < -0.39 is 92.9 Å². The molecular formula is C51H68N16O14S2. The van der Waals surface area contributed by atoms with Crippen molar-refractivity contribution in [2.24, 2.45) is 0 Å². The van der Waals surface area contributed by atoms with Gasteiger partial charge in [0.1, 0.15) is 46.9 Å². The molecule has 8 atom stereocenters. The number of nitrogens with one attached hydrogen (secondary N) is 8. The number of carbonyl (C=O) groups is 4. The summed E-state index contributed by atoms with van der Waals surface area (Å²) in [6.07, 6.45) is 1.75. The van der Waals surface area contributed by atoms with Crippen LogP contribution in [0.5, 0.6) is 0 Å². The summed E-state index contributed by atoms with van der Waals surface area (Å²) in [4.78, 5) is 76.0. The van der Waals surface area contributed by atoms with Crippen molar-refractivity contribution in [2.75, 3.05) is 47.4 Å². The summed E-state index contributed by atoms with van der Waals surface area (Å²) in [6, 6.07) is 10.6. The van der Waals surface area contributed by atoms with Gasteiger partial charge in [-0.1, -0.05) is 63.8 Å². The number of hydrogen-bond donors (Lipinski definition) is 10. The number of benzene rings is 2. The lowest BCUT2D eigenvalue weighted by Gasteiger charge is -2.24. The molecule has 0 bridgehead atoms. The first-order valence-corrected chi connectivity index (χ1v) is 30.0. The molecule has 83 heavy (non-hydrogen) atoms. The summed E-state index contributed by atoms with van der Waals surface area (Å²) in [5, 5.41) is 36.5. The second-order valence-corrected chi connectivity index (χ2v) is 23.2. The smallest absolute Gasteiger partial charge is 0.324 e. The second kappa shape index (κ2) is 26.9. The molecule has 0 radical (unpaired) electrons. The van der Waals surface area contributed by atoms with Gasteiger partial charge in [0.2, 0.25) is 20.0 Å². The number of hydrogen-bond acceptors (Lipinski definition) is 20. The van der Waals surface area contributed by atoms with E-state index in [1.165, 1.54) is 47.8 Å². The topological polar surface area (TPSA) is 397 Å². The van der Waals surface area contributed by atoms with E-state index in [9.17, 15) is 46.2 Å². The number of carbonyl (C=O) groups excluding carboxylic acids is 4. The molecule has 9 rings (SSSR count). The van der Waals surface area contributed by atoms with E-state index in [2.05, 4.69) is 71.2 Å². The number of likely N-dealkylation sites (N-methyl/N-ethyl adjacent to an activating group) is 2. The molecule has 10 N–H and O–H groups in total. The Balaban J connectivity index is 0.000000217. The summed E-state index contributed by atoms with van der Waals surface area (Å²) < 4.78 is 83.3. The Morgan fingerprint density at radius 3 is 1.49 bits per heavy atom. The van der Waals surface area contributed by atoms with E-state index in [0.717, 1.165) is 32.0 Å². The first kappa shape index (κ1) is 61.7. The van der Waals surface area contributed by atoms with Gasteiger partial charge in [0.15, 0.2) is 64.4 Å². The van der Waals surface area contributed by atoms with Crippen LogP contribution in [0.1, 0.15) is 92.5 Å². The van der Waals surface area contributed by atoms with E-state index in [1.54, 1.807) is 49.6 Å². The molecule has 3 saturated heterocycles. The van der Waals surface area contributed by atoms with Crippen molar-refractivity contribution in [3.05, 3.63) is 73.8 Å². The van der Waals surface area contributed by atoms with Crippen molar-refractivity contribution in [1.29, 1.82) is 0 Å². The molecule has 448 valence electrons. The van der Waals surface area contributed by atoms with E-state index in [0.29, 0.717) is 38.1 Å². The van der Waals surface area contributed by atoms with E-state index in [1.807, 2.05) is 20.8 Å². The highest BCUT2D eigenvalue weighted by molar-refractivity contribution is 7.90. The Labute approximate surface area is 477 Å². The lowest BCUT2D eigenvalue weighted by Crippen LogP contribution is -2.42. The third-order valence-electron chi connectivity index (χ3n) is 13.2. The lowest BCUT2D eigenvalue weighted by atomic mass is 10.1. The van der Waals surface area contributed by atoms with Gasteiger partial charge < -0.3 is 50.4 Å². The van der Waals surface area contributed by atoms with Crippen molar-refractivity contribution < 1.29 is 65.2 Å². The van der Waals surface area contributed by atoms with Crippen LogP contribution in [0.3, 0.4) is 0 Å². The average molecular weight is 1190 g/mol. The number of sulfonamides is 2. The van der Waals surface area contributed by atoms with E-state index in [-0.39, 0.29) is 61.9 Å². The highest BCUT2D eigenvalue weighted by Crippen LogP contribution is 2.44. The molecule has 3 fully saturated rings. The fraction of sp³-hybridized carbons (Fsp3) is 0.490. The number of nitrogens with zero attached hydrogens (tertiary/aromatic N) is 8. The number of amides is 6. The number of urea groups is 2. The summed E-state index contributed by atoms with van der Waals surface area (Å²) >= 11 is 0. The highest BCUT2D eigenvalue weighted by atomic mass is 32.2. The van der Waals surface area contributed by atoms with Crippen molar-refractivity contribution in [3.63, 3.8) is 0 Å². The number of para-hydroxylation sites is 2. The predicted octanol–water partition coefficient (Wildman–Crippen LogP) is 3.19. The Kier molecular flexibility index (Phi) is 20.0. The summed E-state index contributed by atoms with van der Waals surface area (Å²) in [6.45, 7) is 12.4. The van der Waals surface area contributed by atoms with Crippen molar-refractivity contribution in [1.82, 2.24) is 59.1 Å². The Morgan fingerprint density at radius 1 is 0.566 bits per heavy atom. The predicted molar refractivity (Wildman–Crippen MR) is 299 cm³/mol. The van der Waals surface area contributed by atoms with Gasteiger partial charge in [-0.3, -0.25) is 29.4 Å². The van der Waals surface area contributed by atoms with Crippen LogP contribution in [-0.2, 0) is 48.6 Å². The average Bonchev–Trinajstić information content (AvgIpc) is 2.42. The first-order chi connectivity index (χ1) is 39.7. The number of rotatable bonds is 22. The van der Waals surface area contributed by atoms with Crippen molar-refractivity contribution >= 4 is 89.3 Å². The van der Waals surface area contributed by atoms with Gasteiger partial charge in [-0.05, 0) is 64.8 Å². The molecule has 7 heterocycles. The van der Waals surface area contributed by atoms with Gasteiger partial charge in [0.05, 0.1) is 24.0 Å². The van der Waals surface area contributed by atoms with Gasteiger partial charge >= 0.3 is 12.1 Å². The Hall–Kier alpha value is -7.40. The SMILES string of the molecule is CCCCCNS(=O)(=O)c1ccccc1NC(=O)Nc1ncnc2c1ncn2[C@@H]1O[C@H](C(=O)NCC)C(O)C1O.CCCCCNS(=O)(=O)c1ccccc1NC(=O)Nc1ncnc2c1ncn2[C@@H]1O[C@H](C(=O)NCC)C2OC(C)(C)OC21. The van der Waals surface area contributed by atoms with Crippen LogP contribution in [0.15, 0.2) is 83.6 Å². The summed E-state index contributed by atoms with van der Waals surface area (Å²) in [7, 11) is -7.73. The van der Waals surface area contributed by atoms with Crippen LogP contribution < -0.4 is 41.3 Å². The van der Waals surface area contributed by atoms with Crippen molar-refractivity contribution in [2.45, 2.75) is 145 Å². The normalized spacial score (nSPS) is 21.9. The van der Waals surface area contributed by atoms with Gasteiger partial charge in [0, 0.05) is 26.2 Å². The van der Waals surface area contributed by atoms with Gasteiger partial charge in [0.25, 0.3) is 11.8 Å². The van der Waals surface area contributed by atoms with Crippen LogP contribution >= 0.6 is 0 Å². The van der Waals surface area contributed by atoms with Gasteiger partial charge in [-0.25, -0.2) is 65.8 Å². The molecule has 4 unspecified atom stereocenters. The molecule has 6 amide bonds. The number of anilines is 4. The second-order valence-electron chi connectivity index (χ2n) is 19.7. The van der Waals surface area contributed by atoms with Crippen LogP contribution in [0.4, 0.5) is 32.6 Å². The van der Waals surface area contributed by atoms with Gasteiger partial charge in [-0.2, -0.15) is 0 Å². The zero-order valence-electron chi connectivity index (χ0n) is 46.3. The number of imidazole rings is 2. The van der Waals surface area contributed by atoms with Crippen LogP contribution in [0, 0.1) is 0 Å². The quantitative estimate of drug-likeness (QED) is 0.0436. The minimum absolute atomic E-state index is 0.00686. The molecule has 3 aliphatic heterocycles. The Bertz CT molecular complexity index is 3510. The first-order valence-electron chi connectivity index (χ1n) is 27.0. The number of unbranched alkanes of at least 4 members (excludes halogenated alkanes) is 4. The molecule has 0 aliphatic carbocycles. The molecular weight excluding hydrogens is 1120 g/mol. The molecule has 4 aromatic heterocycles. The fourth-order valence-electron chi connectivity index (χ4n) is 9.38. The number of aliphatic hydroxyl groups excluding tert-OH is 2. The molecule has 32 heteroatoms. The zero-order chi connectivity index (χ0) is 59.6. The number of aliphatic hydroxyl groups is 2. The highest BCUT2D eigenvalue weighted by Gasteiger charge is 2.58. The van der Waals surface area contributed by atoms with E-state index in [4.69, 9.17) is 18.9 Å². The summed E-state index contributed by atoms with van der Waals surface area (Å²) in [5.74, 6) is -1.76. The third-order valence-corrected chi connectivity index (χ3v) is 16.2. The van der Waals surface area contributed by atoms with Crippen LogP contribution in [0.25, 0.3) is 22.3 Å². The molecule has 30 nitrogen and oxygen atoms in total. The largest absolute Gasteiger partial charge is 0.387 e. The van der Waals surface area contributed by atoms with Crippen LogP contribution in [-0.4, -0.2) is 159 Å². The summed E-state index contributed by atoms with van der Waals surface area (Å²) in [5.41, 5.74) is 1.00. The maximum absolute atomic E-state index is 13.0. The van der Waals surface area contributed by atoms with Crippen LogP contribution in [0.2, 0.25) is 0 Å². The van der Waals surface area contributed by atoms with Crippen molar-refractivity contribution in [3.8, 4) is 0 Å². The molecule has 0 spiro atoms. The maximum Gasteiger partial charge on any atom is 0.324 e. The third kappa shape index (κ3) is 14.2. The standard InChI is InChI=1S/C27H36N8O7S.C24H32N8O7S/c1-5-7-10-13-32-43(38,39)17-12-9-8-11-16(17)33-26(37)34-22-18-23(30-14-29-22)35(15-31-18)25-21-19(41-27(3,4)42-21)20(40-25)24(36)28-6-2;1-3-5-8-11-29-40(37,38)15-10-7-6-9-14(15)30-24(36)31-20-16-21(27-12-26-20)32(13-28-16)23-18(34)17(33)19(39-23)22(35)25-4-2/h8-9,11-12,14-15,19-21,25,32H,5-7,10,13H2,1-4H3,(H,28,36)(H2,29,30,33,34,37);6-7,9-10,12-13,17-19,23,29,33-34H,3-5,8,11H2,1-2H3,(H,25,35)(H2,26,27,30,31,36)/t19?,20-,21?,25+;17?,18?,19-,23+/m00/s1. The molecule has 3 aliphatic rings. The zero-order valence-corrected chi connectivity index (χ0v) is 47.9. The molecule has 6 aromatic rings. The fourth-order valence-corrected chi connectivity index (χ4v) is 11.8. The number of ether oxygens (including phenoxy) is 4. The lowest BCUT2D eigenvalue weighted by molar-refractivity contribution is -0.197. The minimum atomic E-state index is -3.88. The van der Waals surface area contributed by atoms with E-state index >= 15 is 0 Å². The Morgan fingerprint density at radius 2 is 1.01 bits per heavy atom. The molecule has 2 aromatic carbocycles. The number of aromatic nitrogens is 8. The maximum atomic E-state index is 13.0. The molecule has 0 saturated carbocycles. The minimum Gasteiger partial charge on any atom is -0.387 e. The van der Waals surface area contributed by atoms with Gasteiger partial charge in [-0.15, -0.1) is 0 Å².